The van der Waals surface area contributed by atoms with Crippen LogP contribution in [0, 0.1) is 0 Å². The Kier molecular flexibility index (Phi) is 3.73. The molecule has 3 atom stereocenters. The van der Waals surface area contributed by atoms with Crippen molar-refractivity contribution < 1.29 is 14.6 Å². The van der Waals surface area contributed by atoms with Gasteiger partial charge in [-0.2, -0.15) is 0 Å². The van der Waals surface area contributed by atoms with E-state index in [0.29, 0.717) is 12.8 Å². The number of carbonyl (C=O) groups excluding carboxylic acids is 1. The Morgan fingerprint density at radius 2 is 2.20 bits per heavy atom. The number of esters is 1. The number of aliphatic hydroxyl groups is 1. The summed E-state index contributed by atoms with van der Waals surface area (Å²) in [6, 6.07) is 0. The minimum absolute atomic E-state index is 0.0772. The minimum Gasteiger partial charge on any atom is -0.460 e. The van der Waals surface area contributed by atoms with Crippen LogP contribution >= 0.6 is 0 Å². The zero-order chi connectivity index (χ0) is 11.6. The van der Waals surface area contributed by atoms with Crippen molar-refractivity contribution in [2.45, 2.75) is 50.2 Å². The lowest BCUT2D eigenvalue weighted by Gasteiger charge is -2.32. The van der Waals surface area contributed by atoms with Gasteiger partial charge in [0.05, 0.1) is 14.2 Å². The molecule has 0 aromatic heterocycles. The maximum Gasteiger partial charge on any atom is 0.306 e. The third kappa shape index (κ3) is 2.92. The molecule has 3 nitrogen and oxygen atoms in total. The van der Waals surface area contributed by atoms with Gasteiger partial charge in [-0.05, 0) is 6.42 Å². The molecule has 0 saturated carbocycles. The molecule has 1 heterocycles. The predicted octanol–water partition coefficient (Wildman–Crippen LogP) is 1.95. The number of rotatable bonds is 4. The van der Waals surface area contributed by atoms with Gasteiger partial charge in [0.15, 0.2) is 0 Å². The molecule has 1 aliphatic heterocycles. The van der Waals surface area contributed by atoms with Crippen LogP contribution in [0.1, 0.15) is 12.8 Å². The molecule has 15 heavy (non-hydrogen) atoms. The Labute approximate surface area is 92.1 Å². The quantitative estimate of drug-likeness (QED) is 0.454. The van der Waals surface area contributed by atoms with Gasteiger partial charge in [-0.25, -0.2) is 0 Å². The summed E-state index contributed by atoms with van der Waals surface area (Å²) in [6.45, 7) is 10.3. The van der Waals surface area contributed by atoms with E-state index in [1.54, 1.807) is 0 Å². The van der Waals surface area contributed by atoms with E-state index in [1.807, 2.05) is 6.08 Å². The molecule has 4 heteroatoms. The molecule has 0 unspecified atom stereocenters. The molecule has 0 aromatic carbocycles. The van der Waals surface area contributed by atoms with E-state index >= 15 is 0 Å². The summed E-state index contributed by atoms with van der Waals surface area (Å²) in [5.74, 6) is -0.197. The molecular formula is C11H20O3Si. The molecule has 1 rings (SSSR count). The number of hydrogen-bond acceptors (Lipinski definition) is 3. The van der Waals surface area contributed by atoms with Gasteiger partial charge in [-0.3, -0.25) is 4.79 Å². The number of hydrogen-bond donors (Lipinski definition) is 1. The maximum absolute atomic E-state index is 11.0. The normalized spacial score (nSPS) is 25.9. The summed E-state index contributed by atoms with van der Waals surface area (Å²) in [5.41, 5.74) is 0.0772. The molecule has 1 fully saturated rings. The van der Waals surface area contributed by atoms with Crippen molar-refractivity contribution >= 4 is 14.0 Å². The van der Waals surface area contributed by atoms with Crippen molar-refractivity contribution in [2.24, 2.45) is 0 Å². The Morgan fingerprint density at radius 1 is 1.60 bits per heavy atom. The first-order valence-electron chi connectivity index (χ1n) is 5.36. The van der Waals surface area contributed by atoms with Crippen LogP contribution in [0.15, 0.2) is 12.7 Å². The molecule has 0 radical (unpaired) electrons. The first-order valence-corrected chi connectivity index (χ1v) is 8.94. The second-order valence-corrected chi connectivity index (χ2v) is 10.6. The van der Waals surface area contributed by atoms with Gasteiger partial charge in [0.1, 0.15) is 6.10 Å². The van der Waals surface area contributed by atoms with E-state index in [9.17, 15) is 9.90 Å². The van der Waals surface area contributed by atoms with Crippen LogP contribution in [0.3, 0.4) is 0 Å². The summed E-state index contributed by atoms with van der Waals surface area (Å²) in [5, 5.41) is 10.1. The summed E-state index contributed by atoms with van der Waals surface area (Å²) < 4.78 is 5.09. The fraction of sp³-hybridized carbons (Fsp3) is 0.727. The van der Waals surface area contributed by atoms with Crippen LogP contribution < -0.4 is 0 Å². The molecule has 1 N–H and O–H groups in total. The van der Waals surface area contributed by atoms with E-state index in [4.69, 9.17) is 4.74 Å². The van der Waals surface area contributed by atoms with E-state index in [1.165, 1.54) is 0 Å². The lowest BCUT2D eigenvalue weighted by molar-refractivity contribution is -0.145. The average Bonchev–Trinajstić information content (AvgIpc) is 2.50. The van der Waals surface area contributed by atoms with Gasteiger partial charge in [-0.15, -0.1) is 6.58 Å². The molecule has 0 spiro atoms. The molecule has 86 valence electrons. The second kappa shape index (κ2) is 4.49. The minimum atomic E-state index is -1.50. The van der Waals surface area contributed by atoms with Gasteiger partial charge < -0.3 is 9.84 Å². The summed E-state index contributed by atoms with van der Waals surface area (Å²) in [4.78, 5) is 11.0. The van der Waals surface area contributed by atoms with Crippen molar-refractivity contribution in [1.29, 1.82) is 0 Å². The number of carbonyl (C=O) groups is 1. The highest BCUT2D eigenvalue weighted by atomic mass is 28.3. The van der Waals surface area contributed by atoms with Crippen LogP contribution in [0.4, 0.5) is 0 Å². The largest absolute Gasteiger partial charge is 0.460 e. The third-order valence-electron chi connectivity index (χ3n) is 2.92. The smallest absolute Gasteiger partial charge is 0.306 e. The molecule has 1 saturated heterocycles. The zero-order valence-corrected chi connectivity index (χ0v) is 10.7. The SMILES string of the molecule is C=C[C@@H]([C@@H](O)[C@@H]1CCC(=O)O1)[Si](C)(C)C. The van der Waals surface area contributed by atoms with E-state index in [0.717, 1.165) is 0 Å². The Morgan fingerprint density at radius 3 is 2.53 bits per heavy atom. The molecular weight excluding hydrogens is 208 g/mol. The van der Waals surface area contributed by atoms with Gasteiger partial charge >= 0.3 is 5.97 Å². The first kappa shape index (κ1) is 12.5. The monoisotopic (exact) mass is 228 g/mol. The zero-order valence-electron chi connectivity index (χ0n) is 9.69. The first-order chi connectivity index (χ1) is 6.86. The Bertz CT molecular complexity index is 257. The van der Waals surface area contributed by atoms with Crippen molar-refractivity contribution in [1.82, 2.24) is 0 Å². The highest BCUT2D eigenvalue weighted by Crippen LogP contribution is 2.32. The Balaban J connectivity index is 2.69. The summed E-state index contributed by atoms with van der Waals surface area (Å²) >= 11 is 0. The Hall–Kier alpha value is -0.613. The van der Waals surface area contributed by atoms with Crippen LogP contribution in [0.25, 0.3) is 0 Å². The van der Waals surface area contributed by atoms with E-state index in [-0.39, 0.29) is 17.6 Å². The second-order valence-electron chi connectivity index (χ2n) is 5.19. The maximum atomic E-state index is 11.0. The molecule has 0 amide bonds. The topological polar surface area (TPSA) is 46.5 Å². The predicted molar refractivity (Wildman–Crippen MR) is 62.4 cm³/mol. The van der Waals surface area contributed by atoms with Gasteiger partial charge in [0.25, 0.3) is 0 Å². The fourth-order valence-corrected chi connectivity index (χ4v) is 3.97. The van der Waals surface area contributed by atoms with Gasteiger partial charge in [0.2, 0.25) is 0 Å². The lowest BCUT2D eigenvalue weighted by Crippen LogP contribution is -2.41. The van der Waals surface area contributed by atoms with Gasteiger partial charge in [-0.1, -0.05) is 25.7 Å². The van der Waals surface area contributed by atoms with Crippen LogP contribution in [-0.2, 0) is 9.53 Å². The van der Waals surface area contributed by atoms with E-state index < -0.39 is 14.2 Å². The lowest BCUT2D eigenvalue weighted by atomic mass is 10.1. The molecule has 0 bridgehead atoms. The van der Waals surface area contributed by atoms with Crippen LogP contribution in [0.2, 0.25) is 25.2 Å². The molecule has 1 aliphatic rings. The van der Waals surface area contributed by atoms with Crippen LogP contribution in [-0.4, -0.2) is 31.4 Å². The third-order valence-corrected chi connectivity index (χ3v) is 5.50. The van der Waals surface area contributed by atoms with Crippen molar-refractivity contribution in [2.75, 3.05) is 0 Å². The van der Waals surface area contributed by atoms with Crippen molar-refractivity contribution in [3.05, 3.63) is 12.7 Å². The van der Waals surface area contributed by atoms with E-state index in [2.05, 4.69) is 26.2 Å². The average molecular weight is 228 g/mol. The highest BCUT2D eigenvalue weighted by Gasteiger charge is 2.39. The molecule has 0 aliphatic carbocycles. The fourth-order valence-electron chi connectivity index (χ4n) is 2.02. The number of ether oxygens (including phenoxy) is 1. The summed E-state index contributed by atoms with van der Waals surface area (Å²) in [7, 11) is -1.50. The van der Waals surface area contributed by atoms with Crippen molar-refractivity contribution in [3.8, 4) is 0 Å². The van der Waals surface area contributed by atoms with Crippen LogP contribution in [0.5, 0.6) is 0 Å². The summed E-state index contributed by atoms with van der Waals surface area (Å²) in [6.07, 6.45) is 1.96. The molecule has 0 aromatic rings. The standard InChI is InChI=1S/C11H20O3Si/c1-5-9(15(2,3)4)11(13)8-6-7-10(12)14-8/h5,8-9,11,13H,1,6-7H2,2-4H3/t8-,9-,11-/m0/s1. The van der Waals surface area contributed by atoms with Gasteiger partial charge in [0, 0.05) is 12.0 Å². The van der Waals surface area contributed by atoms with Crippen molar-refractivity contribution in [3.63, 3.8) is 0 Å². The number of aliphatic hydroxyl groups excluding tert-OH is 1. The number of cyclic esters (lactones) is 1. The highest BCUT2D eigenvalue weighted by molar-refractivity contribution is 6.78.